The lowest BCUT2D eigenvalue weighted by Crippen LogP contribution is -2.47. The highest BCUT2D eigenvalue weighted by Crippen LogP contribution is 2.21. The quantitative estimate of drug-likeness (QED) is 0.770. The van der Waals surface area contributed by atoms with Crippen LogP contribution in [0.3, 0.4) is 0 Å². The monoisotopic (exact) mass is 365 g/mol. The second kappa shape index (κ2) is 9.39. The zero-order valence-electron chi connectivity index (χ0n) is 15.7. The number of rotatable bonds is 6. The van der Waals surface area contributed by atoms with Gasteiger partial charge in [0.15, 0.2) is 6.10 Å². The summed E-state index contributed by atoms with van der Waals surface area (Å²) in [4.78, 5) is 24.0. The topological polar surface area (TPSA) is 91.2 Å². The Balaban J connectivity index is 1.77. The number of hydrazine groups is 1. The number of aryl methyl sites for hydroxylation is 2. The molecule has 0 aliphatic heterocycles. The van der Waals surface area contributed by atoms with E-state index < -0.39 is 12.0 Å². The second-order valence-corrected chi connectivity index (χ2v) is 6.30. The summed E-state index contributed by atoms with van der Waals surface area (Å²) in [7, 11) is 0. The van der Waals surface area contributed by atoms with Crippen LogP contribution in [-0.2, 0) is 16.0 Å². The van der Waals surface area contributed by atoms with Gasteiger partial charge in [0.1, 0.15) is 5.75 Å². The molecule has 1 atom stereocenters. The summed E-state index contributed by atoms with van der Waals surface area (Å²) in [6.07, 6.45) is -0.00953. The van der Waals surface area contributed by atoms with Crippen LogP contribution in [0.1, 0.15) is 35.6 Å². The standard InChI is InChI=1S/C21H23N3O3/c1-14-5-4-6-19(15(14)2)27-16(3)21(26)24-23-20(25)12-11-17-7-9-18(13-22)10-8-17/h4-10,16H,11-12H2,1-3H3,(H,23,25)(H,24,26). The van der Waals surface area contributed by atoms with Crippen LogP contribution in [0, 0.1) is 25.2 Å². The van der Waals surface area contributed by atoms with Gasteiger partial charge in [-0.05, 0) is 62.1 Å². The third kappa shape index (κ3) is 5.86. The number of hydrogen-bond acceptors (Lipinski definition) is 4. The lowest BCUT2D eigenvalue weighted by atomic mass is 10.1. The van der Waals surface area contributed by atoms with E-state index in [9.17, 15) is 9.59 Å². The Morgan fingerprint density at radius 3 is 2.48 bits per heavy atom. The average Bonchev–Trinajstić information content (AvgIpc) is 2.68. The molecule has 0 fully saturated rings. The molecule has 2 N–H and O–H groups in total. The van der Waals surface area contributed by atoms with Crippen molar-refractivity contribution < 1.29 is 14.3 Å². The molecule has 0 aliphatic carbocycles. The van der Waals surface area contributed by atoms with Crippen molar-refractivity contribution in [2.24, 2.45) is 0 Å². The fourth-order valence-electron chi connectivity index (χ4n) is 2.40. The molecule has 0 saturated carbocycles. The highest BCUT2D eigenvalue weighted by atomic mass is 16.5. The third-order valence-corrected chi connectivity index (χ3v) is 4.28. The van der Waals surface area contributed by atoms with Crippen molar-refractivity contribution in [3.05, 3.63) is 64.7 Å². The molecule has 2 aromatic rings. The van der Waals surface area contributed by atoms with Gasteiger partial charge < -0.3 is 4.74 Å². The van der Waals surface area contributed by atoms with Crippen molar-refractivity contribution in [2.45, 2.75) is 39.7 Å². The lowest BCUT2D eigenvalue weighted by molar-refractivity contribution is -0.132. The van der Waals surface area contributed by atoms with Gasteiger partial charge in [0.2, 0.25) is 5.91 Å². The SMILES string of the molecule is Cc1cccc(OC(C)C(=O)NNC(=O)CCc2ccc(C#N)cc2)c1C. The van der Waals surface area contributed by atoms with E-state index in [2.05, 4.69) is 10.9 Å². The van der Waals surface area contributed by atoms with Crippen molar-refractivity contribution in [1.29, 1.82) is 5.26 Å². The minimum atomic E-state index is -0.746. The van der Waals surface area contributed by atoms with Crippen LogP contribution in [0.4, 0.5) is 0 Å². The minimum Gasteiger partial charge on any atom is -0.481 e. The van der Waals surface area contributed by atoms with E-state index in [4.69, 9.17) is 10.00 Å². The van der Waals surface area contributed by atoms with E-state index in [1.807, 2.05) is 50.2 Å². The summed E-state index contributed by atoms with van der Waals surface area (Å²) < 4.78 is 5.68. The zero-order chi connectivity index (χ0) is 19.8. The Morgan fingerprint density at radius 1 is 1.11 bits per heavy atom. The molecule has 0 saturated heterocycles. The van der Waals surface area contributed by atoms with Crippen LogP contribution in [0.5, 0.6) is 5.75 Å². The molecule has 0 aromatic heterocycles. The molecule has 0 bridgehead atoms. The molecule has 0 heterocycles. The molecular weight excluding hydrogens is 342 g/mol. The van der Waals surface area contributed by atoms with Gasteiger partial charge in [-0.25, -0.2) is 0 Å². The Bertz CT molecular complexity index is 854. The first-order valence-electron chi connectivity index (χ1n) is 8.71. The second-order valence-electron chi connectivity index (χ2n) is 6.30. The van der Waals surface area contributed by atoms with Crippen molar-refractivity contribution in [2.75, 3.05) is 0 Å². The molecule has 27 heavy (non-hydrogen) atoms. The fraction of sp³-hybridized carbons (Fsp3) is 0.286. The summed E-state index contributed by atoms with van der Waals surface area (Å²) in [6, 6.07) is 14.7. The van der Waals surface area contributed by atoms with Gasteiger partial charge in [0.25, 0.3) is 5.91 Å². The number of nitriles is 1. The number of amides is 2. The molecule has 0 spiro atoms. The summed E-state index contributed by atoms with van der Waals surface area (Å²) in [5, 5.41) is 8.77. The number of carbonyl (C=O) groups excluding carboxylic acids is 2. The van der Waals surface area contributed by atoms with Gasteiger partial charge >= 0.3 is 0 Å². The Morgan fingerprint density at radius 2 is 1.81 bits per heavy atom. The predicted molar refractivity (Wildman–Crippen MR) is 102 cm³/mol. The molecule has 2 amide bonds. The maximum Gasteiger partial charge on any atom is 0.279 e. The van der Waals surface area contributed by atoms with Crippen LogP contribution in [0.15, 0.2) is 42.5 Å². The van der Waals surface area contributed by atoms with Crippen molar-refractivity contribution >= 4 is 11.8 Å². The fourth-order valence-corrected chi connectivity index (χ4v) is 2.40. The van der Waals surface area contributed by atoms with E-state index in [0.717, 1.165) is 16.7 Å². The smallest absolute Gasteiger partial charge is 0.279 e. The normalized spacial score (nSPS) is 11.2. The molecular formula is C21H23N3O3. The first-order chi connectivity index (χ1) is 12.9. The highest BCUT2D eigenvalue weighted by Gasteiger charge is 2.16. The number of ether oxygens (including phenoxy) is 1. The summed E-state index contributed by atoms with van der Waals surface area (Å²) in [5.74, 6) is -0.0842. The van der Waals surface area contributed by atoms with Crippen LogP contribution >= 0.6 is 0 Å². The number of nitrogens with zero attached hydrogens (tertiary/aromatic N) is 1. The maximum absolute atomic E-state index is 12.1. The third-order valence-electron chi connectivity index (χ3n) is 4.28. The molecule has 6 heteroatoms. The summed E-state index contributed by atoms with van der Waals surface area (Å²) >= 11 is 0. The van der Waals surface area contributed by atoms with Crippen LogP contribution in [-0.4, -0.2) is 17.9 Å². The van der Waals surface area contributed by atoms with Crippen molar-refractivity contribution in [3.63, 3.8) is 0 Å². The molecule has 140 valence electrons. The van der Waals surface area contributed by atoms with Gasteiger partial charge in [-0.15, -0.1) is 0 Å². The average molecular weight is 365 g/mol. The highest BCUT2D eigenvalue weighted by molar-refractivity contribution is 5.84. The van der Waals surface area contributed by atoms with Gasteiger partial charge in [0.05, 0.1) is 11.6 Å². The maximum atomic E-state index is 12.1. The Hall–Kier alpha value is -3.33. The van der Waals surface area contributed by atoms with Crippen molar-refractivity contribution in [1.82, 2.24) is 10.9 Å². The predicted octanol–water partition coefficient (Wildman–Crippen LogP) is 2.72. The molecule has 2 aromatic carbocycles. The van der Waals surface area contributed by atoms with Gasteiger partial charge in [0, 0.05) is 6.42 Å². The molecule has 0 aliphatic rings. The first kappa shape index (κ1) is 20.0. The number of hydrogen-bond donors (Lipinski definition) is 2. The van der Waals surface area contributed by atoms with Crippen LogP contribution in [0.25, 0.3) is 0 Å². The number of carbonyl (C=O) groups is 2. The Labute approximate surface area is 159 Å². The van der Waals surface area contributed by atoms with Crippen molar-refractivity contribution in [3.8, 4) is 11.8 Å². The number of nitrogens with one attached hydrogen (secondary N) is 2. The minimum absolute atomic E-state index is 0.221. The lowest BCUT2D eigenvalue weighted by Gasteiger charge is -2.17. The zero-order valence-corrected chi connectivity index (χ0v) is 15.7. The molecule has 6 nitrogen and oxygen atoms in total. The molecule has 2 rings (SSSR count). The molecule has 1 unspecified atom stereocenters. The van der Waals surface area contributed by atoms with E-state index >= 15 is 0 Å². The van der Waals surface area contributed by atoms with E-state index in [1.165, 1.54) is 0 Å². The van der Waals surface area contributed by atoms with Gasteiger partial charge in [-0.1, -0.05) is 24.3 Å². The van der Waals surface area contributed by atoms with Crippen LogP contribution in [0.2, 0.25) is 0 Å². The van der Waals surface area contributed by atoms with E-state index in [-0.39, 0.29) is 12.3 Å². The molecule has 0 radical (unpaired) electrons. The van der Waals surface area contributed by atoms with Crippen LogP contribution < -0.4 is 15.6 Å². The Kier molecular flexibility index (Phi) is 6.95. The summed E-state index contributed by atoms with van der Waals surface area (Å²) in [6.45, 7) is 5.53. The van der Waals surface area contributed by atoms with Gasteiger partial charge in [-0.2, -0.15) is 5.26 Å². The summed E-state index contributed by atoms with van der Waals surface area (Å²) in [5.41, 5.74) is 8.36. The van der Waals surface area contributed by atoms with E-state index in [1.54, 1.807) is 19.1 Å². The number of benzene rings is 2. The largest absolute Gasteiger partial charge is 0.481 e. The first-order valence-corrected chi connectivity index (χ1v) is 8.71. The van der Waals surface area contributed by atoms with Gasteiger partial charge in [-0.3, -0.25) is 20.4 Å². The van der Waals surface area contributed by atoms with E-state index in [0.29, 0.717) is 17.7 Å².